The molecular formula is C22H26BrN3O3S. The number of hydrogen-bond acceptors (Lipinski definition) is 4. The van der Waals surface area contributed by atoms with Crippen LogP contribution in [0, 0.1) is 0 Å². The summed E-state index contributed by atoms with van der Waals surface area (Å²) in [5, 5.41) is 5.78. The second-order valence-electron chi connectivity index (χ2n) is 6.63. The Balaban J connectivity index is 1.98. The minimum Gasteiger partial charge on any atom is -0.496 e. The highest BCUT2D eigenvalue weighted by atomic mass is 79.9. The van der Waals surface area contributed by atoms with Gasteiger partial charge in [0.1, 0.15) is 5.75 Å². The molecule has 0 heterocycles. The molecule has 0 aliphatic rings. The van der Waals surface area contributed by atoms with E-state index < -0.39 is 0 Å². The number of rotatable bonds is 8. The first kappa shape index (κ1) is 23.8. The van der Waals surface area contributed by atoms with Crippen LogP contribution in [0.25, 0.3) is 0 Å². The van der Waals surface area contributed by atoms with Crippen LogP contribution >= 0.6 is 28.1 Å². The van der Waals surface area contributed by atoms with Crippen LogP contribution in [0.1, 0.15) is 47.4 Å². The largest absolute Gasteiger partial charge is 0.496 e. The summed E-state index contributed by atoms with van der Waals surface area (Å²) in [7, 11) is 1.56. The Bertz CT molecular complexity index is 897. The second kappa shape index (κ2) is 11.7. The molecule has 0 spiro atoms. The van der Waals surface area contributed by atoms with Crippen LogP contribution in [0.4, 0.5) is 5.69 Å². The standard InChI is InChI=1S/C22H26BrN3O3S/c1-4-12-26(13-5-2)21(28)15-6-9-17(10-7-15)24-22(30)25-20(27)16-8-11-19(29-3)18(23)14-16/h6-11,14H,4-5,12-13H2,1-3H3,(H2,24,25,27,30). The lowest BCUT2D eigenvalue weighted by Crippen LogP contribution is -2.34. The molecule has 0 aromatic heterocycles. The molecule has 160 valence electrons. The van der Waals surface area contributed by atoms with E-state index in [1.54, 1.807) is 49.6 Å². The van der Waals surface area contributed by atoms with E-state index >= 15 is 0 Å². The minimum absolute atomic E-state index is 0.0196. The maximum atomic E-state index is 12.6. The Morgan fingerprint density at radius 2 is 1.63 bits per heavy atom. The van der Waals surface area contributed by atoms with E-state index in [1.165, 1.54) is 0 Å². The number of methoxy groups -OCH3 is 1. The first-order valence-corrected chi connectivity index (χ1v) is 10.9. The van der Waals surface area contributed by atoms with Crippen molar-refractivity contribution in [3.8, 4) is 5.75 Å². The van der Waals surface area contributed by atoms with Crippen LogP contribution in [0.3, 0.4) is 0 Å². The maximum Gasteiger partial charge on any atom is 0.257 e. The average Bonchev–Trinajstić information content (AvgIpc) is 2.73. The van der Waals surface area contributed by atoms with Gasteiger partial charge in [0, 0.05) is 29.9 Å². The number of carbonyl (C=O) groups excluding carboxylic acids is 2. The average molecular weight is 492 g/mol. The van der Waals surface area contributed by atoms with Gasteiger partial charge in [-0.25, -0.2) is 0 Å². The molecule has 0 radical (unpaired) electrons. The highest BCUT2D eigenvalue weighted by molar-refractivity contribution is 9.10. The molecule has 30 heavy (non-hydrogen) atoms. The molecule has 0 atom stereocenters. The van der Waals surface area contributed by atoms with Gasteiger partial charge in [-0.1, -0.05) is 13.8 Å². The first-order valence-electron chi connectivity index (χ1n) is 9.74. The number of carbonyl (C=O) groups is 2. The van der Waals surface area contributed by atoms with Gasteiger partial charge in [-0.3, -0.25) is 14.9 Å². The van der Waals surface area contributed by atoms with Gasteiger partial charge in [0.2, 0.25) is 0 Å². The Hall–Kier alpha value is -2.45. The Morgan fingerprint density at radius 1 is 1.03 bits per heavy atom. The van der Waals surface area contributed by atoms with Crippen molar-refractivity contribution in [3.05, 3.63) is 58.1 Å². The van der Waals surface area contributed by atoms with Crippen molar-refractivity contribution in [2.75, 3.05) is 25.5 Å². The summed E-state index contributed by atoms with van der Waals surface area (Å²) < 4.78 is 5.84. The van der Waals surface area contributed by atoms with Crippen LogP contribution < -0.4 is 15.4 Å². The van der Waals surface area contributed by atoms with E-state index in [9.17, 15) is 9.59 Å². The van der Waals surface area contributed by atoms with Gasteiger partial charge in [-0.15, -0.1) is 0 Å². The van der Waals surface area contributed by atoms with E-state index in [1.807, 2.05) is 4.90 Å². The van der Waals surface area contributed by atoms with Crippen molar-refractivity contribution < 1.29 is 14.3 Å². The van der Waals surface area contributed by atoms with Crippen molar-refractivity contribution in [3.63, 3.8) is 0 Å². The number of thiocarbonyl (C=S) groups is 1. The maximum absolute atomic E-state index is 12.6. The molecule has 6 nitrogen and oxygen atoms in total. The fraction of sp³-hybridized carbons (Fsp3) is 0.318. The summed E-state index contributed by atoms with van der Waals surface area (Å²) in [6.45, 7) is 5.60. The second-order valence-corrected chi connectivity index (χ2v) is 7.89. The van der Waals surface area contributed by atoms with Crippen molar-refractivity contribution in [2.45, 2.75) is 26.7 Å². The molecule has 2 amide bonds. The number of nitrogens with one attached hydrogen (secondary N) is 2. The topological polar surface area (TPSA) is 70.7 Å². The van der Waals surface area contributed by atoms with Gasteiger partial charge in [-0.05, 0) is 83.5 Å². The third-order valence-corrected chi connectivity index (χ3v) is 5.13. The summed E-state index contributed by atoms with van der Waals surface area (Å²) in [5.74, 6) is 0.321. The monoisotopic (exact) mass is 491 g/mol. The first-order chi connectivity index (χ1) is 14.4. The Labute approximate surface area is 191 Å². The van der Waals surface area contributed by atoms with E-state index in [2.05, 4.69) is 40.4 Å². The van der Waals surface area contributed by atoms with Crippen LogP contribution in [0.2, 0.25) is 0 Å². The van der Waals surface area contributed by atoms with Crippen LogP contribution in [-0.4, -0.2) is 42.0 Å². The summed E-state index contributed by atoms with van der Waals surface area (Å²) in [4.78, 5) is 26.9. The number of anilines is 1. The fourth-order valence-electron chi connectivity index (χ4n) is 2.88. The van der Waals surface area contributed by atoms with Gasteiger partial charge >= 0.3 is 0 Å². The highest BCUT2D eigenvalue weighted by Gasteiger charge is 2.14. The molecule has 2 N–H and O–H groups in total. The number of amides is 2. The Morgan fingerprint density at radius 3 is 2.17 bits per heavy atom. The molecule has 0 aliphatic heterocycles. The predicted octanol–water partition coefficient (Wildman–Crippen LogP) is 4.85. The van der Waals surface area contributed by atoms with Crippen LogP contribution in [0.15, 0.2) is 46.9 Å². The van der Waals surface area contributed by atoms with Crippen molar-refractivity contribution in [1.29, 1.82) is 0 Å². The van der Waals surface area contributed by atoms with Crippen LogP contribution in [-0.2, 0) is 0 Å². The summed E-state index contributed by atoms with van der Waals surface area (Å²) in [5.41, 5.74) is 1.76. The summed E-state index contributed by atoms with van der Waals surface area (Å²) >= 11 is 8.59. The molecule has 0 unspecified atom stereocenters. The number of hydrogen-bond donors (Lipinski definition) is 2. The molecule has 2 rings (SSSR count). The quantitative estimate of drug-likeness (QED) is 0.516. The van der Waals surface area contributed by atoms with Gasteiger partial charge in [-0.2, -0.15) is 0 Å². The third-order valence-electron chi connectivity index (χ3n) is 4.31. The zero-order chi connectivity index (χ0) is 22.1. The molecular weight excluding hydrogens is 466 g/mol. The van der Waals surface area contributed by atoms with E-state index in [4.69, 9.17) is 17.0 Å². The lowest BCUT2D eigenvalue weighted by molar-refractivity contribution is 0.0755. The lowest BCUT2D eigenvalue weighted by atomic mass is 10.1. The molecule has 2 aromatic carbocycles. The van der Waals surface area contributed by atoms with Gasteiger partial charge in [0.25, 0.3) is 11.8 Å². The molecule has 8 heteroatoms. The lowest BCUT2D eigenvalue weighted by Gasteiger charge is -2.21. The van der Waals surface area contributed by atoms with Gasteiger partial charge in [0.15, 0.2) is 5.11 Å². The molecule has 0 saturated heterocycles. The molecule has 0 fully saturated rings. The highest BCUT2D eigenvalue weighted by Crippen LogP contribution is 2.25. The SMILES string of the molecule is CCCN(CCC)C(=O)c1ccc(NC(=S)NC(=O)c2ccc(OC)c(Br)c2)cc1. The normalized spacial score (nSPS) is 10.3. The fourth-order valence-corrected chi connectivity index (χ4v) is 3.63. The van der Waals surface area contributed by atoms with Crippen molar-refractivity contribution in [2.24, 2.45) is 0 Å². The number of halogens is 1. The van der Waals surface area contributed by atoms with E-state index in [0.29, 0.717) is 27.0 Å². The van der Waals surface area contributed by atoms with Crippen LogP contribution in [0.5, 0.6) is 5.75 Å². The number of benzene rings is 2. The summed E-state index contributed by atoms with van der Waals surface area (Å²) in [6, 6.07) is 12.1. The zero-order valence-electron chi connectivity index (χ0n) is 17.3. The van der Waals surface area contributed by atoms with Crippen molar-refractivity contribution >= 4 is 50.8 Å². The molecule has 0 saturated carbocycles. The third kappa shape index (κ3) is 6.53. The smallest absolute Gasteiger partial charge is 0.257 e. The summed E-state index contributed by atoms with van der Waals surface area (Å²) in [6.07, 6.45) is 1.84. The van der Waals surface area contributed by atoms with Gasteiger partial charge < -0.3 is 15.0 Å². The van der Waals surface area contributed by atoms with E-state index in [-0.39, 0.29) is 16.9 Å². The van der Waals surface area contributed by atoms with Crippen molar-refractivity contribution in [1.82, 2.24) is 10.2 Å². The van der Waals surface area contributed by atoms with Gasteiger partial charge in [0.05, 0.1) is 11.6 Å². The Kier molecular flexibility index (Phi) is 9.26. The zero-order valence-corrected chi connectivity index (χ0v) is 19.7. The molecule has 2 aromatic rings. The number of nitrogens with zero attached hydrogens (tertiary/aromatic N) is 1. The molecule has 0 bridgehead atoms. The van der Waals surface area contributed by atoms with E-state index in [0.717, 1.165) is 25.9 Å². The molecule has 0 aliphatic carbocycles. The predicted molar refractivity (Wildman–Crippen MR) is 127 cm³/mol. The minimum atomic E-state index is -0.336. The number of ether oxygens (including phenoxy) is 1.